The molecule has 1 atom stereocenters. The molecular formula is C8H9N2O4P. The molecule has 0 aliphatic heterocycles. The maximum absolute atomic E-state index is 11.1. The average Bonchev–Trinajstić information content (AvgIpc) is 2.62. The van der Waals surface area contributed by atoms with Crippen molar-refractivity contribution in [3.05, 3.63) is 30.6 Å². The van der Waals surface area contributed by atoms with Crippen LogP contribution in [0.1, 0.15) is 0 Å². The van der Waals surface area contributed by atoms with Crippen molar-refractivity contribution in [1.82, 2.24) is 9.71 Å². The van der Waals surface area contributed by atoms with Crippen LogP contribution in [0.25, 0.3) is 11.0 Å². The lowest BCUT2D eigenvalue weighted by Crippen LogP contribution is -2.09. The van der Waals surface area contributed by atoms with Crippen LogP contribution in [0, 0.1) is 0 Å². The number of benzene rings is 1. The highest BCUT2D eigenvalue weighted by atomic mass is 31.2. The van der Waals surface area contributed by atoms with E-state index in [0.717, 1.165) is 4.73 Å². The highest BCUT2D eigenvalue weighted by Gasteiger charge is 2.20. The van der Waals surface area contributed by atoms with E-state index < -0.39 is 13.9 Å². The quantitative estimate of drug-likeness (QED) is 0.751. The maximum Gasteiger partial charge on any atom is 0.420 e. The molecule has 2 aromatic rings. The molecule has 0 radical (unpaired) electrons. The summed E-state index contributed by atoms with van der Waals surface area (Å²) in [6, 6.07) is 6.99. The third kappa shape index (κ3) is 2.02. The highest BCUT2D eigenvalue weighted by molar-refractivity contribution is 7.52. The molecule has 0 fully saturated rings. The predicted octanol–water partition coefficient (Wildman–Crippen LogP) is 0.600. The fourth-order valence-electron chi connectivity index (χ4n) is 1.16. The Hall–Kier alpha value is -1.36. The maximum atomic E-state index is 11.1. The molecule has 0 spiro atoms. The number of para-hydroxylation sites is 2. The van der Waals surface area contributed by atoms with Gasteiger partial charge in [-0.3, -0.25) is 0 Å². The van der Waals surface area contributed by atoms with Gasteiger partial charge in [-0.25, -0.2) is 9.55 Å². The number of rotatable bonds is 3. The van der Waals surface area contributed by atoms with Crippen LogP contribution in [-0.2, 0) is 4.57 Å². The number of fused-ring (bicyclic) bond motifs is 1. The van der Waals surface area contributed by atoms with Gasteiger partial charge in [0, 0.05) is 0 Å². The summed E-state index contributed by atoms with van der Waals surface area (Å²) in [5.41, 5.74) is 1.22. The number of aliphatic hydroxyl groups is 1. The zero-order chi connectivity index (χ0) is 10.9. The zero-order valence-electron chi connectivity index (χ0n) is 7.65. The topological polar surface area (TPSA) is 84.6 Å². The van der Waals surface area contributed by atoms with E-state index in [1.165, 1.54) is 6.33 Å². The SMILES string of the molecule is O=P(O)(CO)On1cnc2ccccc21. The van der Waals surface area contributed by atoms with Crippen molar-refractivity contribution in [3.8, 4) is 0 Å². The summed E-state index contributed by atoms with van der Waals surface area (Å²) in [5.74, 6) is 0. The van der Waals surface area contributed by atoms with Gasteiger partial charge in [-0.05, 0) is 12.1 Å². The molecule has 1 heterocycles. The third-order valence-corrected chi connectivity index (χ3v) is 2.60. The summed E-state index contributed by atoms with van der Waals surface area (Å²) < 4.78 is 16.9. The van der Waals surface area contributed by atoms with Gasteiger partial charge in [0.15, 0.2) is 6.35 Å². The van der Waals surface area contributed by atoms with Gasteiger partial charge < -0.3 is 14.6 Å². The van der Waals surface area contributed by atoms with Crippen molar-refractivity contribution in [1.29, 1.82) is 0 Å². The van der Waals surface area contributed by atoms with Gasteiger partial charge in [0.05, 0.1) is 5.52 Å². The molecule has 0 aliphatic rings. The first kappa shape index (κ1) is 10.2. The largest absolute Gasteiger partial charge is 0.420 e. The van der Waals surface area contributed by atoms with Crippen LogP contribution in [0.15, 0.2) is 30.6 Å². The Balaban J connectivity index is 2.41. The summed E-state index contributed by atoms with van der Waals surface area (Å²) >= 11 is 0. The standard InChI is InChI=1S/C8H9N2O4P/c11-6-15(12,13)14-10-5-9-7-3-1-2-4-8(7)10/h1-5,11H,6H2,(H,12,13). The summed E-state index contributed by atoms with van der Waals surface area (Å²) in [5, 5.41) is 8.59. The molecule has 0 amide bonds. The molecule has 80 valence electrons. The summed E-state index contributed by atoms with van der Waals surface area (Å²) in [6.45, 7) is 0. The van der Waals surface area contributed by atoms with Crippen LogP contribution >= 0.6 is 7.60 Å². The Morgan fingerprint density at radius 3 is 2.93 bits per heavy atom. The first-order valence-electron chi connectivity index (χ1n) is 4.17. The third-order valence-electron chi connectivity index (χ3n) is 1.82. The van der Waals surface area contributed by atoms with Crippen LogP contribution in [-0.4, -0.2) is 26.1 Å². The molecule has 1 aromatic heterocycles. The Morgan fingerprint density at radius 2 is 2.20 bits per heavy atom. The number of nitrogens with zero attached hydrogens (tertiary/aromatic N) is 2. The Morgan fingerprint density at radius 1 is 1.47 bits per heavy atom. The van der Waals surface area contributed by atoms with Crippen LogP contribution in [0.5, 0.6) is 0 Å². The van der Waals surface area contributed by atoms with Crippen LogP contribution in [0.4, 0.5) is 0 Å². The molecule has 0 saturated carbocycles. The first-order valence-corrected chi connectivity index (χ1v) is 5.93. The van der Waals surface area contributed by atoms with Crippen molar-refractivity contribution in [2.45, 2.75) is 0 Å². The second-order valence-electron chi connectivity index (χ2n) is 2.92. The van der Waals surface area contributed by atoms with Gasteiger partial charge in [0.25, 0.3) is 0 Å². The Labute approximate surface area is 85.2 Å². The number of hydrogen-bond acceptors (Lipinski definition) is 4. The predicted molar refractivity (Wildman–Crippen MR) is 53.2 cm³/mol. The van der Waals surface area contributed by atoms with E-state index in [0.29, 0.717) is 11.0 Å². The van der Waals surface area contributed by atoms with E-state index in [-0.39, 0.29) is 0 Å². The smallest absolute Gasteiger partial charge is 0.382 e. The van der Waals surface area contributed by atoms with Crippen molar-refractivity contribution >= 4 is 18.6 Å². The zero-order valence-corrected chi connectivity index (χ0v) is 8.54. The van der Waals surface area contributed by atoms with E-state index >= 15 is 0 Å². The van der Waals surface area contributed by atoms with Crippen LogP contribution < -0.4 is 4.62 Å². The lowest BCUT2D eigenvalue weighted by atomic mass is 10.3. The van der Waals surface area contributed by atoms with Gasteiger partial charge in [-0.2, -0.15) is 4.73 Å². The fourth-order valence-corrected chi connectivity index (χ4v) is 1.62. The molecular weight excluding hydrogens is 219 g/mol. The van der Waals surface area contributed by atoms with E-state index in [1.807, 2.05) is 0 Å². The van der Waals surface area contributed by atoms with Gasteiger partial charge in [0.1, 0.15) is 11.8 Å². The molecule has 2 rings (SSSR count). The Bertz CT molecular complexity index is 524. The highest BCUT2D eigenvalue weighted by Crippen LogP contribution is 2.36. The van der Waals surface area contributed by atoms with Gasteiger partial charge >= 0.3 is 7.60 Å². The van der Waals surface area contributed by atoms with Gasteiger partial charge in [-0.1, -0.05) is 12.1 Å². The van der Waals surface area contributed by atoms with Crippen LogP contribution in [0.2, 0.25) is 0 Å². The summed E-state index contributed by atoms with van der Waals surface area (Å²) in [4.78, 5) is 13.1. The molecule has 0 aliphatic carbocycles. The minimum Gasteiger partial charge on any atom is -0.382 e. The average molecular weight is 228 g/mol. The molecule has 7 heteroatoms. The van der Waals surface area contributed by atoms with E-state index in [9.17, 15) is 4.57 Å². The second kappa shape index (κ2) is 3.66. The normalized spacial score (nSPS) is 15.1. The van der Waals surface area contributed by atoms with Crippen molar-refractivity contribution < 1.29 is 19.2 Å². The molecule has 1 aromatic carbocycles. The van der Waals surface area contributed by atoms with Crippen LogP contribution in [0.3, 0.4) is 0 Å². The lowest BCUT2D eigenvalue weighted by molar-refractivity contribution is 0.211. The van der Waals surface area contributed by atoms with Crippen molar-refractivity contribution in [2.24, 2.45) is 0 Å². The van der Waals surface area contributed by atoms with E-state index in [1.54, 1.807) is 24.3 Å². The minimum atomic E-state index is -3.99. The Kier molecular flexibility index (Phi) is 2.48. The molecule has 2 N–H and O–H groups in total. The van der Waals surface area contributed by atoms with Gasteiger partial charge in [0.2, 0.25) is 0 Å². The monoisotopic (exact) mass is 228 g/mol. The van der Waals surface area contributed by atoms with E-state index in [4.69, 9.17) is 14.6 Å². The number of aromatic nitrogens is 2. The molecule has 0 bridgehead atoms. The molecule has 6 nitrogen and oxygen atoms in total. The van der Waals surface area contributed by atoms with Crippen molar-refractivity contribution in [3.63, 3.8) is 0 Å². The first-order chi connectivity index (χ1) is 7.12. The fraction of sp³-hybridized carbons (Fsp3) is 0.125. The second-order valence-corrected chi connectivity index (χ2v) is 4.64. The van der Waals surface area contributed by atoms with E-state index in [2.05, 4.69) is 4.98 Å². The molecule has 0 saturated heterocycles. The molecule has 1 unspecified atom stereocenters. The number of hydrogen-bond donors (Lipinski definition) is 2. The number of imidazole rings is 1. The number of aliphatic hydroxyl groups excluding tert-OH is 1. The minimum absolute atomic E-state index is 0.570. The summed E-state index contributed by atoms with van der Waals surface area (Å²) in [7, 11) is -3.99. The summed E-state index contributed by atoms with van der Waals surface area (Å²) in [6.07, 6.45) is 0.350. The lowest BCUT2D eigenvalue weighted by Gasteiger charge is -2.10. The van der Waals surface area contributed by atoms with Crippen molar-refractivity contribution in [2.75, 3.05) is 6.35 Å². The van der Waals surface area contributed by atoms with Gasteiger partial charge in [-0.15, -0.1) is 0 Å². The molecule has 15 heavy (non-hydrogen) atoms.